The van der Waals surface area contributed by atoms with Crippen LogP contribution < -0.4 is 0 Å². The summed E-state index contributed by atoms with van der Waals surface area (Å²) in [4.78, 5) is 0. The fourth-order valence-corrected chi connectivity index (χ4v) is 4.61. The molecule has 0 spiro atoms. The molecule has 3 aromatic carbocycles. The third-order valence-electron chi connectivity index (χ3n) is 4.02. The molecule has 0 aliphatic carbocycles. The summed E-state index contributed by atoms with van der Waals surface area (Å²) in [5.74, 6) is 0.262. The molecule has 3 rings (SSSR count). The molecule has 0 bridgehead atoms. The molecule has 0 saturated carbocycles. The van der Waals surface area contributed by atoms with Gasteiger partial charge in [0, 0.05) is 0 Å². The van der Waals surface area contributed by atoms with Gasteiger partial charge in [-0.1, -0.05) is 54.6 Å². The lowest BCUT2D eigenvalue weighted by Crippen LogP contribution is -2.05. The Hall–Kier alpha value is -1.93. The Morgan fingerprint density at radius 2 is 1.40 bits per heavy atom. The van der Waals surface area contributed by atoms with Crippen molar-refractivity contribution in [3.8, 4) is 5.75 Å². The van der Waals surface area contributed by atoms with Gasteiger partial charge in [-0.15, -0.1) is 0 Å². The zero-order valence-corrected chi connectivity index (χ0v) is 15.4. The summed E-state index contributed by atoms with van der Waals surface area (Å²) in [7, 11) is -1.12. The molecule has 25 heavy (non-hydrogen) atoms. The maximum atomic E-state index is 9.64. The lowest BCUT2D eigenvalue weighted by atomic mass is 10.0. The van der Waals surface area contributed by atoms with Gasteiger partial charge in [-0.05, 0) is 47.9 Å². The molecule has 0 aromatic heterocycles. The Balaban J connectivity index is 2.08. The van der Waals surface area contributed by atoms with E-state index in [-0.39, 0.29) is 11.4 Å². The van der Waals surface area contributed by atoms with Gasteiger partial charge in [0.05, 0.1) is 18.9 Å². The highest BCUT2D eigenvalue weighted by molar-refractivity contribution is 7.48. The van der Waals surface area contributed by atoms with E-state index >= 15 is 0 Å². The van der Waals surface area contributed by atoms with E-state index < -0.39 is 8.38 Å². The minimum absolute atomic E-state index is 0.0000983. The van der Waals surface area contributed by atoms with Crippen LogP contribution in [-0.2, 0) is 9.05 Å². The molecule has 0 radical (unpaired) electrons. The number of aromatic hydroxyl groups is 1. The highest BCUT2D eigenvalue weighted by Gasteiger charge is 2.27. The van der Waals surface area contributed by atoms with Gasteiger partial charge in [-0.2, -0.15) is 0 Å². The van der Waals surface area contributed by atoms with Crippen LogP contribution in [0.4, 0.5) is 0 Å². The summed E-state index contributed by atoms with van der Waals surface area (Å²) in [6.45, 7) is 5.19. The molecule has 0 aliphatic rings. The minimum atomic E-state index is -1.12. The van der Waals surface area contributed by atoms with E-state index in [0.717, 1.165) is 11.1 Å². The monoisotopic (exact) mass is 354 g/mol. The molecule has 0 fully saturated rings. The summed E-state index contributed by atoms with van der Waals surface area (Å²) < 4.78 is 12.0. The summed E-state index contributed by atoms with van der Waals surface area (Å²) >= 11 is 0. The van der Waals surface area contributed by atoms with E-state index in [1.165, 1.54) is 10.8 Å². The van der Waals surface area contributed by atoms with Crippen molar-refractivity contribution in [1.82, 2.24) is 0 Å². The normalized spacial score (nSPS) is 12.6. The molecule has 3 nitrogen and oxygen atoms in total. The molecule has 130 valence electrons. The number of hydrogen-bond acceptors (Lipinski definition) is 3. The first kappa shape index (κ1) is 17.9. The second kappa shape index (κ2) is 8.44. The molecule has 1 atom stereocenters. The van der Waals surface area contributed by atoms with Crippen molar-refractivity contribution < 1.29 is 14.2 Å². The molecular formula is C21H23O3P. The average molecular weight is 354 g/mol. The first-order valence-electron chi connectivity index (χ1n) is 8.55. The van der Waals surface area contributed by atoms with Crippen molar-refractivity contribution >= 4 is 19.1 Å². The fraction of sp³-hybridized carbons (Fsp3) is 0.238. The first-order valence-corrected chi connectivity index (χ1v) is 9.80. The summed E-state index contributed by atoms with van der Waals surface area (Å²) in [5.41, 5.74) is 2.25. The van der Waals surface area contributed by atoms with E-state index in [1.807, 2.05) is 32.0 Å². The van der Waals surface area contributed by atoms with Crippen LogP contribution in [0, 0.1) is 0 Å². The van der Waals surface area contributed by atoms with Crippen LogP contribution in [-0.4, -0.2) is 18.3 Å². The predicted molar refractivity (Wildman–Crippen MR) is 104 cm³/mol. The summed E-state index contributed by atoms with van der Waals surface area (Å²) in [6.07, 6.45) is 0. The maximum Gasteiger partial charge on any atom is 0.183 e. The molecule has 3 aromatic rings. The van der Waals surface area contributed by atoms with E-state index in [9.17, 15) is 5.11 Å². The molecule has 0 saturated heterocycles. The second-order valence-electron chi connectivity index (χ2n) is 5.72. The predicted octanol–water partition coefficient (Wildman–Crippen LogP) is 6.02. The third-order valence-corrected chi connectivity index (χ3v) is 6.06. The number of hydrogen-bond donors (Lipinski definition) is 1. The van der Waals surface area contributed by atoms with Crippen LogP contribution in [0.2, 0.25) is 0 Å². The Bertz CT molecular complexity index is 811. The van der Waals surface area contributed by atoms with Gasteiger partial charge >= 0.3 is 0 Å². The van der Waals surface area contributed by atoms with E-state index in [4.69, 9.17) is 9.05 Å². The zero-order chi connectivity index (χ0) is 17.6. The van der Waals surface area contributed by atoms with Crippen molar-refractivity contribution in [1.29, 1.82) is 0 Å². The number of rotatable bonds is 7. The van der Waals surface area contributed by atoms with Crippen molar-refractivity contribution in [2.45, 2.75) is 19.5 Å². The van der Waals surface area contributed by atoms with Crippen molar-refractivity contribution in [2.75, 3.05) is 13.2 Å². The molecule has 0 heterocycles. The van der Waals surface area contributed by atoms with Crippen molar-refractivity contribution in [3.63, 3.8) is 0 Å². The maximum absolute atomic E-state index is 9.64. The Kier molecular flexibility index (Phi) is 6.04. The standard InChI is InChI=1S/C21H23O3P/c1-3-23-25(24-4-2)21(17-11-13-20(22)14-12-17)19-10-9-16-7-5-6-8-18(16)15-19/h5-15,21-22H,3-4H2,1-2H3. The SMILES string of the molecule is CCOP(OCC)C(c1ccc(O)cc1)c1ccc2ccccc2c1. The zero-order valence-electron chi connectivity index (χ0n) is 14.6. The lowest BCUT2D eigenvalue weighted by molar-refractivity contribution is 0.265. The molecule has 0 amide bonds. The topological polar surface area (TPSA) is 38.7 Å². The fourth-order valence-electron chi connectivity index (χ4n) is 2.91. The van der Waals surface area contributed by atoms with Gasteiger partial charge in [0.15, 0.2) is 8.38 Å². The lowest BCUT2D eigenvalue weighted by Gasteiger charge is -2.27. The summed E-state index contributed by atoms with van der Waals surface area (Å²) in [6, 6.07) is 22.2. The van der Waals surface area contributed by atoms with E-state index in [1.54, 1.807) is 12.1 Å². The molecule has 0 aliphatic heterocycles. The highest BCUT2D eigenvalue weighted by Crippen LogP contribution is 2.56. The summed E-state index contributed by atoms with van der Waals surface area (Å²) in [5, 5.41) is 12.1. The number of benzene rings is 3. The van der Waals surface area contributed by atoms with Gasteiger partial charge in [0.1, 0.15) is 5.75 Å². The first-order chi connectivity index (χ1) is 12.2. The van der Waals surface area contributed by atoms with Gasteiger partial charge in [-0.25, -0.2) is 0 Å². The smallest absolute Gasteiger partial charge is 0.183 e. The largest absolute Gasteiger partial charge is 0.508 e. The number of phenolic OH excluding ortho intramolecular Hbond substituents is 1. The molecular weight excluding hydrogens is 331 g/mol. The van der Waals surface area contributed by atoms with Crippen LogP contribution >= 0.6 is 8.38 Å². The average Bonchev–Trinajstić information content (AvgIpc) is 2.64. The molecule has 1 unspecified atom stereocenters. The van der Waals surface area contributed by atoms with Crippen LogP contribution in [0.25, 0.3) is 10.8 Å². The quantitative estimate of drug-likeness (QED) is 0.527. The van der Waals surface area contributed by atoms with Crippen molar-refractivity contribution in [3.05, 3.63) is 77.9 Å². The van der Waals surface area contributed by atoms with Gasteiger partial charge in [0.2, 0.25) is 0 Å². The van der Waals surface area contributed by atoms with Crippen LogP contribution in [0.3, 0.4) is 0 Å². The van der Waals surface area contributed by atoms with E-state index in [2.05, 4.69) is 36.4 Å². The number of phenols is 1. The molecule has 1 N–H and O–H groups in total. The van der Waals surface area contributed by atoms with Gasteiger partial charge in [0.25, 0.3) is 0 Å². The van der Waals surface area contributed by atoms with Gasteiger partial charge < -0.3 is 14.2 Å². The Labute approximate surface area is 150 Å². The van der Waals surface area contributed by atoms with E-state index in [0.29, 0.717) is 13.2 Å². The minimum Gasteiger partial charge on any atom is -0.508 e. The van der Waals surface area contributed by atoms with Crippen molar-refractivity contribution in [2.24, 2.45) is 0 Å². The Morgan fingerprint density at radius 3 is 2.04 bits per heavy atom. The second-order valence-corrected chi connectivity index (χ2v) is 7.33. The van der Waals surface area contributed by atoms with Gasteiger partial charge in [-0.3, -0.25) is 0 Å². The van der Waals surface area contributed by atoms with Crippen LogP contribution in [0.1, 0.15) is 30.6 Å². The van der Waals surface area contributed by atoms with Crippen LogP contribution in [0.5, 0.6) is 5.75 Å². The third kappa shape index (κ3) is 4.19. The van der Waals surface area contributed by atoms with Crippen LogP contribution in [0.15, 0.2) is 66.7 Å². The Morgan fingerprint density at radius 1 is 0.800 bits per heavy atom. The highest BCUT2D eigenvalue weighted by atomic mass is 31.2. The number of fused-ring (bicyclic) bond motifs is 1. The molecule has 4 heteroatoms.